The van der Waals surface area contributed by atoms with Gasteiger partial charge in [-0.15, -0.1) is 0 Å². The second kappa shape index (κ2) is 36.6. The maximum atomic E-state index is 14.6. The third kappa shape index (κ3) is 23.1. The van der Waals surface area contributed by atoms with Crippen molar-refractivity contribution in [3.8, 4) is 0 Å². The molecule has 0 atom stereocenters. The van der Waals surface area contributed by atoms with E-state index in [0.29, 0.717) is 43.7 Å². The van der Waals surface area contributed by atoms with Gasteiger partial charge in [-0.25, -0.2) is 22.0 Å². The second-order valence-corrected chi connectivity index (χ2v) is 31.7. The van der Waals surface area contributed by atoms with E-state index in [1.165, 1.54) is 18.2 Å². The quantitative estimate of drug-likeness (QED) is 0.0731. The Morgan fingerprint density at radius 2 is 0.844 bits per heavy atom. The lowest BCUT2D eigenvalue weighted by molar-refractivity contribution is -0.121. The smallest absolute Gasteiger partial charge is 0.400 e. The molecule has 5 aromatic rings. The summed E-state index contributed by atoms with van der Waals surface area (Å²) in [6, 6.07) is 25.9. The van der Waals surface area contributed by atoms with Crippen molar-refractivity contribution in [1.29, 1.82) is 0 Å². The Hall–Kier alpha value is -3.24. The van der Waals surface area contributed by atoms with E-state index in [9.17, 15) is 31.9 Å². The molecule has 0 bridgehead atoms. The van der Waals surface area contributed by atoms with Gasteiger partial charge in [-0.1, -0.05) is 96.3 Å². The van der Waals surface area contributed by atoms with E-state index in [2.05, 4.69) is 106 Å². The number of halogens is 9. The molecule has 526 valence electrons. The van der Waals surface area contributed by atoms with Crippen LogP contribution >= 0.6 is 70.4 Å². The van der Waals surface area contributed by atoms with Crippen LogP contribution in [-0.4, -0.2) is 185 Å². The Bertz CT molecular complexity index is 3410. The average molecular weight is 1640 g/mol. The monoisotopic (exact) mass is 1640 g/mol. The number of rotatable bonds is 6. The third-order valence-electron chi connectivity index (χ3n) is 19.3. The third-order valence-corrected chi connectivity index (χ3v) is 21.7. The van der Waals surface area contributed by atoms with Crippen molar-refractivity contribution < 1.29 is 55.6 Å². The van der Waals surface area contributed by atoms with Crippen LogP contribution in [-0.2, 0) is 29.0 Å². The molecule has 2 N–H and O–H groups in total. The van der Waals surface area contributed by atoms with Crippen molar-refractivity contribution in [2.24, 2.45) is 0 Å². The number of benzene rings is 5. The van der Waals surface area contributed by atoms with Crippen LogP contribution < -0.4 is 10.9 Å². The zero-order chi connectivity index (χ0) is 71.1. The van der Waals surface area contributed by atoms with Crippen molar-refractivity contribution in [3.63, 3.8) is 0 Å². The van der Waals surface area contributed by atoms with E-state index in [-0.39, 0.29) is 29.1 Å². The van der Waals surface area contributed by atoms with Crippen LogP contribution in [0.1, 0.15) is 135 Å². The highest BCUT2D eigenvalue weighted by Gasteiger charge is 2.53. The Morgan fingerprint density at radius 3 is 1.24 bits per heavy atom. The number of piperidine rings is 3. The number of hydrogen-bond donors (Lipinski definition) is 2. The number of likely N-dealkylation sites (tertiary alicyclic amines) is 3. The summed E-state index contributed by atoms with van der Waals surface area (Å²) in [7, 11) is 10.3. The zero-order valence-corrected chi connectivity index (χ0v) is 65.3. The van der Waals surface area contributed by atoms with Gasteiger partial charge in [-0.2, -0.15) is 0 Å². The summed E-state index contributed by atoms with van der Waals surface area (Å²) in [6.07, 6.45) is 10.7. The first-order valence-electron chi connectivity index (χ1n) is 32.9. The average Bonchev–Trinajstić information content (AvgIpc) is 1.59. The second-order valence-electron chi connectivity index (χ2n) is 27.7. The van der Waals surface area contributed by atoms with Crippen LogP contribution in [0, 0.1) is 32.7 Å². The van der Waals surface area contributed by atoms with Gasteiger partial charge in [0.2, 0.25) is 0 Å². The Morgan fingerprint density at radius 1 is 0.469 bits per heavy atom. The molecule has 7 aliphatic rings. The molecule has 0 radical (unpaired) electrons. The highest BCUT2D eigenvalue weighted by molar-refractivity contribution is 14.1. The molecule has 7 heterocycles. The van der Waals surface area contributed by atoms with E-state index in [0.717, 1.165) is 153 Å². The molecule has 12 rings (SSSR count). The lowest BCUT2D eigenvalue weighted by atomic mass is 9.77. The fourth-order valence-corrected chi connectivity index (χ4v) is 12.8. The van der Waals surface area contributed by atoms with E-state index in [1.54, 1.807) is 30.3 Å². The van der Waals surface area contributed by atoms with Crippen LogP contribution in [0.3, 0.4) is 0 Å². The molecule has 5 fully saturated rings. The predicted molar refractivity (Wildman–Crippen MR) is 399 cm³/mol. The highest BCUT2D eigenvalue weighted by Crippen LogP contribution is 2.40. The summed E-state index contributed by atoms with van der Waals surface area (Å²) in [6.45, 7) is 25.4. The lowest BCUT2D eigenvalue weighted by Crippen LogP contribution is -2.41. The number of ketones is 1. The molecule has 0 aliphatic carbocycles. The van der Waals surface area contributed by atoms with Gasteiger partial charge in [0.25, 0.3) is 0 Å². The fraction of sp³-hybridized carbons (Fsp3) is 0.521. The maximum absolute atomic E-state index is 14.6. The summed E-state index contributed by atoms with van der Waals surface area (Å²) in [5, 5.41) is 17.5. The zero-order valence-electron chi connectivity index (χ0n) is 58.3. The molecule has 7 aliphatic heterocycles. The van der Waals surface area contributed by atoms with Gasteiger partial charge in [0.05, 0.1) is 28.0 Å². The molecular weight excluding hydrogens is 1540 g/mol. The molecule has 0 saturated carbocycles. The minimum Gasteiger partial charge on any atom is -0.400 e. The van der Waals surface area contributed by atoms with Crippen LogP contribution in [0.4, 0.5) is 22.0 Å². The summed E-state index contributed by atoms with van der Waals surface area (Å²) in [5.41, 5.74) is 3.76. The van der Waals surface area contributed by atoms with Gasteiger partial charge < -0.3 is 53.3 Å². The normalized spacial score (nSPS) is 20.9. The van der Waals surface area contributed by atoms with Gasteiger partial charge in [0.1, 0.15) is 34.9 Å². The number of carbonyl (C=O) groups is 1. The number of carbonyl (C=O) groups excluding carboxylic acids is 1. The van der Waals surface area contributed by atoms with Gasteiger partial charge in [-0.3, -0.25) is 4.79 Å². The fourth-order valence-electron chi connectivity index (χ4n) is 11.5. The van der Waals surface area contributed by atoms with Crippen LogP contribution in [0.2, 0.25) is 0 Å². The van der Waals surface area contributed by atoms with Gasteiger partial charge in [0, 0.05) is 106 Å². The van der Waals surface area contributed by atoms with Crippen molar-refractivity contribution >= 4 is 112 Å². The SMILES string of the molecule is CN1CC=C(c2ccc(B3OC(C)(C)C(C)(C)O3)cc2F)CC1.CN1CC=C(c2ccc(Br)cc2F)CC1.CN1CCC(=O)CC1.CN1CCC(O)(c2ccc(Br)cc2F)CC1.CN1CCC(c2ccc(B3OC(C)(C)C(C)(C)O3)cc2F)CC1.CO.Fc1cc(Br)ccc1I. The van der Waals surface area contributed by atoms with Crippen LogP contribution in [0.25, 0.3) is 11.1 Å². The molecule has 0 unspecified atom stereocenters. The number of nitrogens with zero attached hydrogens (tertiary/aromatic N) is 5. The number of Topliss-reactive ketones (excluding diaryl/α,β-unsaturated/α-hetero) is 1. The van der Waals surface area contributed by atoms with E-state index >= 15 is 0 Å². The molecule has 0 amide bonds. The maximum Gasteiger partial charge on any atom is 0.494 e. The molecule has 12 nitrogen and oxygen atoms in total. The van der Waals surface area contributed by atoms with Crippen LogP contribution in [0.5, 0.6) is 0 Å². The molecular formula is C73H98B2Br3F5IN5O7. The largest absolute Gasteiger partial charge is 0.494 e. The Kier molecular flexibility index (Phi) is 31.1. The highest BCUT2D eigenvalue weighted by atomic mass is 127. The number of aliphatic hydroxyl groups is 2. The van der Waals surface area contributed by atoms with Crippen molar-refractivity contribution in [1.82, 2.24) is 24.5 Å². The molecule has 0 aromatic heterocycles. The lowest BCUT2D eigenvalue weighted by Gasteiger charge is -2.37. The first-order valence-corrected chi connectivity index (χ1v) is 36.3. The first kappa shape index (κ1) is 81.7. The summed E-state index contributed by atoms with van der Waals surface area (Å²) < 4.78 is 96.1. The van der Waals surface area contributed by atoms with Gasteiger partial charge in [-0.05, 0) is 253 Å². The Labute approximate surface area is 607 Å². The van der Waals surface area contributed by atoms with E-state index in [4.69, 9.17) is 23.7 Å². The number of hydrogen-bond acceptors (Lipinski definition) is 12. The van der Waals surface area contributed by atoms with Crippen molar-refractivity contribution in [2.45, 2.75) is 141 Å². The molecule has 96 heavy (non-hydrogen) atoms. The van der Waals surface area contributed by atoms with Gasteiger partial charge >= 0.3 is 14.2 Å². The summed E-state index contributed by atoms with van der Waals surface area (Å²) in [4.78, 5) is 21.7. The number of likely N-dealkylation sites (N-methyl/N-ethyl adjacent to an activating group) is 2. The molecule has 5 aromatic carbocycles. The van der Waals surface area contributed by atoms with E-state index in [1.807, 2.05) is 135 Å². The molecule has 0 spiro atoms. The van der Waals surface area contributed by atoms with E-state index < -0.39 is 42.2 Å². The van der Waals surface area contributed by atoms with Gasteiger partial charge in [0.15, 0.2) is 0 Å². The summed E-state index contributed by atoms with van der Waals surface area (Å²) in [5.74, 6) is -0.243. The topological polar surface area (TPSA) is 111 Å². The first-order chi connectivity index (χ1) is 45.1. The van der Waals surface area contributed by atoms with Crippen molar-refractivity contribution in [3.05, 3.63) is 171 Å². The standard InChI is InChI=1S/C18H27BFNO2.C18H25BFNO2.C12H15BrFNO.C12H13BrFN.C6H3BrFI.C6H11NO.CH4O/c2*1-17(2)18(3,4)23-19(22-17)14-6-7-15(16(20)12-14)13-8-10-21(5)11-9-13;1-15-6-4-12(16,5-7-15)10-3-2-9(13)8-11(10)14;1-15-6-4-9(5-7-15)11-3-2-10(13)8-12(11)14;7-4-1-2-6(9)5(8)3-4;1-7-4-2-6(8)3-5-7;1-2/h6-7,12-13H,8-11H2,1-5H3;6-8,12H,9-11H2,1-5H3;2-3,8,16H,4-7H2,1H3;2-4,8H,5-7H2,1H3;1-3H;2-5H2,1H3;2H,1H3. The van der Waals surface area contributed by atoms with Crippen LogP contribution in [0.15, 0.2) is 117 Å². The predicted octanol–water partition coefficient (Wildman–Crippen LogP) is 14.7. The van der Waals surface area contributed by atoms with Crippen molar-refractivity contribution in [2.75, 3.05) is 108 Å². The summed E-state index contributed by atoms with van der Waals surface area (Å²) >= 11 is 11.6. The minimum atomic E-state index is -1.00. The Balaban J connectivity index is 0.000000188. The molecule has 5 saturated heterocycles. The molecule has 23 heteroatoms. The number of aliphatic hydroxyl groups excluding tert-OH is 1. The minimum absolute atomic E-state index is 0.133.